The molecule has 0 amide bonds. The van der Waals surface area contributed by atoms with Gasteiger partial charge in [-0.25, -0.2) is 0 Å². The average molecular weight is 456 g/mol. The van der Waals surface area contributed by atoms with Crippen molar-refractivity contribution in [3.63, 3.8) is 0 Å². The van der Waals surface area contributed by atoms with Crippen LogP contribution in [0.15, 0.2) is 68.3 Å². The van der Waals surface area contributed by atoms with Gasteiger partial charge in [0.15, 0.2) is 0 Å². The van der Waals surface area contributed by atoms with Crippen LogP contribution in [0.3, 0.4) is 0 Å². The van der Waals surface area contributed by atoms with Crippen LogP contribution < -0.4 is 5.32 Å². The second kappa shape index (κ2) is 12.5. The molecule has 31 heavy (non-hydrogen) atoms. The SMILES string of the molecule is CC(C)(C)Sc1ccccc1C=NCCNCCN=Cc1ccccc1SC(C)(C)C. The summed E-state index contributed by atoms with van der Waals surface area (Å²) in [5.41, 5.74) is 2.39. The number of hydrogen-bond acceptors (Lipinski definition) is 5. The minimum absolute atomic E-state index is 0.192. The smallest absolute Gasteiger partial charge is 0.0514 e. The summed E-state index contributed by atoms with van der Waals surface area (Å²) in [6.45, 7) is 16.7. The van der Waals surface area contributed by atoms with E-state index in [2.05, 4.69) is 105 Å². The highest BCUT2D eigenvalue weighted by molar-refractivity contribution is 8.01. The van der Waals surface area contributed by atoms with Gasteiger partial charge < -0.3 is 5.32 Å². The molecule has 0 bridgehead atoms. The Morgan fingerprint density at radius 1 is 0.677 bits per heavy atom. The molecule has 0 heterocycles. The fourth-order valence-electron chi connectivity index (χ4n) is 2.76. The van der Waals surface area contributed by atoms with Gasteiger partial charge in [0.1, 0.15) is 0 Å². The average Bonchev–Trinajstić information content (AvgIpc) is 2.67. The summed E-state index contributed by atoms with van der Waals surface area (Å²) in [4.78, 5) is 11.8. The maximum absolute atomic E-state index is 4.60. The fraction of sp³-hybridized carbons (Fsp3) is 0.462. The zero-order chi connectivity index (χ0) is 22.7. The molecule has 0 fully saturated rings. The van der Waals surface area contributed by atoms with Crippen LogP contribution in [0.25, 0.3) is 0 Å². The lowest BCUT2D eigenvalue weighted by atomic mass is 10.2. The lowest BCUT2D eigenvalue weighted by Gasteiger charge is -2.18. The van der Waals surface area contributed by atoms with Crippen LogP contribution in [0.2, 0.25) is 0 Å². The molecule has 1 N–H and O–H groups in total. The third-order valence-electron chi connectivity index (χ3n) is 3.97. The third kappa shape index (κ3) is 11.0. The van der Waals surface area contributed by atoms with E-state index in [0.29, 0.717) is 0 Å². The standard InChI is InChI=1S/C26H37N3S2/c1-25(2,3)30-23-13-9-7-11-21(23)19-28-17-15-27-16-18-29-20-22-12-8-10-14-24(22)31-26(4,5)6/h7-14,19-20,27H,15-18H2,1-6H3. The maximum atomic E-state index is 4.60. The van der Waals surface area contributed by atoms with Crippen LogP contribution in [0.1, 0.15) is 52.7 Å². The zero-order valence-electron chi connectivity index (χ0n) is 19.8. The molecule has 2 aromatic carbocycles. The van der Waals surface area contributed by atoms with Crippen molar-refractivity contribution in [2.75, 3.05) is 26.2 Å². The van der Waals surface area contributed by atoms with Crippen molar-refractivity contribution in [1.82, 2.24) is 5.32 Å². The largest absolute Gasteiger partial charge is 0.313 e. The second-order valence-electron chi connectivity index (χ2n) is 9.33. The summed E-state index contributed by atoms with van der Waals surface area (Å²) in [6, 6.07) is 16.9. The first-order chi connectivity index (χ1) is 14.6. The predicted octanol–water partition coefficient (Wildman–Crippen LogP) is 6.60. The maximum Gasteiger partial charge on any atom is 0.0514 e. The molecule has 0 aliphatic heterocycles. The lowest BCUT2D eigenvalue weighted by Crippen LogP contribution is -2.21. The van der Waals surface area contributed by atoms with E-state index in [1.165, 1.54) is 20.9 Å². The van der Waals surface area contributed by atoms with Crippen LogP contribution in [0.4, 0.5) is 0 Å². The van der Waals surface area contributed by atoms with Crippen molar-refractivity contribution in [2.24, 2.45) is 9.98 Å². The number of nitrogens with one attached hydrogen (secondary N) is 1. The first kappa shape index (κ1) is 25.7. The van der Waals surface area contributed by atoms with Crippen molar-refractivity contribution >= 4 is 36.0 Å². The Balaban J connectivity index is 1.72. The summed E-state index contributed by atoms with van der Waals surface area (Å²) in [5.74, 6) is 0. The Morgan fingerprint density at radius 2 is 1.06 bits per heavy atom. The summed E-state index contributed by atoms with van der Waals surface area (Å²) >= 11 is 3.76. The van der Waals surface area contributed by atoms with E-state index in [0.717, 1.165) is 26.2 Å². The van der Waals surface area contributed by atoms with Gasteiger partial charge in [0, 0.05) is 55.9 Å². The van der Waals surface area contributed by atoms with E-state index in [9.17, 15) is 0 Å². The Morgan fingerprint density at radius 3 is 1.45 bits per heavy atom. The molecule has 3 nitrogen and oxygen atoms in total. The molecule has 2 rings (SSSR count). The molecule has 0 saturated carbocycles. The Labute approximate surface area is 197 Å². The molecular formula is C26H37N3S2. The molecule has 0 spiro atoms. The first-order valence-electron chi connectivity index (χ1n) is 10.9. The van der Waals surface area contributed by atoms with Crippen LogP contribution in [0.5, 0.6) is 0 Å². The monoisotopic (exact) mass is 455 g/mol. The highest BCUT2D eigenvalue weighted by Crippen LogP contribution is 2.34. The fourth-order valence-corrected chi connectivity index (χ4v) is 4.85. The van der Waals surface area contributed by atoms with Crippen molar-refractivity contribution in [3.8, 4) is 0 Å². The van der Waals surface area contributed by atoms with E-state index in [1.807, 2.05) is 36.0 Å². The Bertz CT molecular complexity index is 790. The normalized spacial score (nSPS) is 12.8. The quantitative estimate of drug-likeness (QED) is 0.249. The molecule has 2 aromatic rings. The molecule has 168 valence electrons. The van der Waals surface area contributed by atoms with Crippen LogP contribution in [0, 0.1) is 0 Å². The van der Waals surface area contributed by atoms with Crippen LogP contribution >= 0.6 is 23.5 Å². The number of rotatable bonds is 10. The van der Waals surface area contributed by atoms with Gasteiger partial charge in [0.05, 0.1) is 13.1 Å². The topological polar surface area (TPSA) is 36.8 Å². The van der Waals surface area contributed by atoms with Crippen molar-refractivity contribution in [3.05, 3.63) is 59.7 Å². The van der Waals surface area contributed by atoms with E-state index in [1.54, 1.807) is 0 Å². The molecule has 0 atom stereocenters. The molecule has 0 aliphatic rings. The number of hydrogen-bond donors (Lipinski definition) is 1. The van der Waals surface area contributed by atoms with Crippen molar-refractivity contribution < 1.29 is 0 Å². The molecule has 0 saturated heterocycles. The number of thioether (sulfide) groups is 2. The van der Waals surface area contributed by atoms with Gasteiger partial charge >= 0.3 is 0 Å². The summed E-state index contributed by atoms with van der Waals surface area (Å²) < 4.78 is 0.385. The lowest BCUT2D eigenvalue weighted by molar-refractivity contribution is 0.699. The van der Waals surface area contributed by atoms with E-state index in [-0.39, 0.29) is 9.49 Å². The molecule has 5 heteroatoms. The Kier molecular flexibility index (Phi) is 10.3. The number of nitrogens with zero attached hydrogens (tertiary/aromatic N) is 2. The van der Waals surface area contributed by atoms with Crippen molar-refractivity contribution in [2.45, 2.75) is 60.8 Å². The predicted molar refractivity (Wildman–Crippen MR) is 142 cm³/mol. The Hall–Kier alpha value is -1.56. The van der Waals surface area contributed by atoms with E-state index in [4.69, 9.17) is 0 Å². The number of benzene rings is 2. The third-order valence-corrected chi connectivity index (χ3v) is 6.37. The summed E-state index contributed by atoms with van der Waals surface area (Å²) in [7, 11) is 0. The van der Waals surface area contributed by atoms with Gasteiger partial charge in [0.25, 0.3) is 0 Å². The van der Waals surface area contributed by atoms with Gasteiger partial charge in [-0.05, 0) is 12.1 Å². The van der Waals surface area contributed by atoms with Crippen LogP contribution in [-0.2, 0) is 0 Å². The summed E-state index contributed by atoms with van der Waals surface area (Å²) in [5, 5.41) is 3.43. The molecule has 0 aliphatic carbocycles. The van der Waals surface area contributed by atoms with Gasteiger partial charge in [-0.3, -0.25) is 9.98 Å². The van der Waals surface area contributed by atoms with Gasteiger partial charge in [0.2, 0.25) is 0 Å². The van der Waals surface area contributed by atoms with Gasteiger partial charge in [-0.1, -0.05) is 77.9 Å². The van der Waals surface area contributed by atoms with Crippen LogP contribution in [-0.4, -0.2) is 48.1 Å². The van der Waals surface area contributed by atoms with E-state index >= 15 is 0 Å². The molecular weight excluding hydrogens is 418 g/mol. The highest BCUT2D eigenvalue weighted by Gasteiger charge is 2.14. The van der Waals surface area contributed by atoms with Gasteiger partial charge in [-0.15, -0.1) is 23.5 Å². The second-order valence-corrected chi connectivity index (χ2v) is 13.1. The highest BCUT2D eigenvalue weighted by atomic mass is 32.2. The van der Waals surface area contributed by atoms with Gasteiger partial charge in [-0.2, -0.15) is 0 Å². The molecule has 0 radical (unpaired) electrons. The van der Waals surface area contributed by atoms with Crippen molar-refractivity contribution in [1.29, 1.82) is 0 Å². The minimum Gasteiger partial charge on any atom is -0.313 e. The first-order valence-corrected chi connectivity index (χ1v) is 12.5. The minimum atomic E-state index is 0.192. The zero-order valence-corrected chi connectivity index (χ0v) is 21.4. The molecule has 0 unspecified atom stereocenters. The molecule has 0 aromatic heterocycles. The summed E-state index contributed by atoms with van der Waals surface area (Å²) in [6.07, 6.45) is 4.00. The number of aliphatic imine (C=N–C) groups is 2. The van der Waals surface area contributed by atoms with E-state index < -0.39 is 0 Å².